The van der Waals surface area contributed by atoms with Gasteiger partial charge in [-0.2, -0.15) is 0 Å². The number of hydrogen-bond donors (Lipinski definition) is 1. The van der Waals surface area contributed by atoms with Gasteiger partial charge < -0.3 is 19.7 Å². The molecule has 0 aromatic heterocycles. The Bertz CT molecular complexity index is 1790. The molecule has 248 valence electrons. The molecule has 1 N–H and O–H groups in total. The zero-order chi connectivity index (χ0) is 34.1. The van der Waals surface area contributed by atoms with Crippen molar-refractivity contribution < 1.29 is 27.5 Å². The molecule has 1 unspecified atom stereocenters. The lowest BCUT2D eigenvalue weighted by atomic mass is 10.0. The summed E-state index contributed by atoms with van der Waals surface area (Å²) in [6, 6.07) is 25.6. The highest BCUT2D eigenvalue weighted by Crippen LogP contribution is 2.32. The molecule has 0 aliphatic heterocycles. The number of carbonyl (C=O) groups is 2. The van der Waals surface area contributed by atoms with Crippen LogP contribution in [0.4, 0.5) is 5.69 Å². The van der Waals surface area contributed by atoms with Gasteiger partial charge in [0, 0.05) is 25.1 Å². The summed E-state index contributed by atoms with van der Waals surface area (Å²) in [5.41, 5.74) is 1.69. The zero-order valence-electron chi connectivity index (χ0n) is 26.5. The minimum absolute atomic E-state index is 0.0439. The highest BCUT2D eigenvalue weighted by molar-refractivity contribution is 7.92. The number of carbonyl (C=O) groups excluding carboxylic acids is 2. The Morgan fingerprint density at radius 3 is 2.02 bits per heavy atom. The fraction of sp³-hybridized carbons (Fsp3) is 0.257. The quantitative estimate of drug-likeness (QED) is 0.164. The number of sulfonamides is 1. The van der Waals surface area contributed by atoms with E-state index in [0.717, 1.165) is 9.87 Å². The molecule has 0 saturated carbocycles. The van der Waals surface area contributed by atoms with E-state index in [4.69, 9.17) is 32.7 Å². The second kappa shape index (κ2) is 16.0. The Kier molecular flexibility index (Phi) is 12.1. The highest BCUT2D eigenvalue weighted by atomic mass is 35.5. The molecule has 47 heavy (non-hydrogen) atoms. The summed E-state index contributed by atoms with van der Waals surface area (Å²) in [6.45, 7) is 3.00. The van der Waals surface area contributed by atoms with Crippen LogP contribution in [0.3, 0.4) is 0 Å². The maximum absolute atomic E-state index is 14.5. The summed E-state index contributed by atoms with van der Waals surface area (Å²) in [5, 5.41) is 3.55. The van der Waals surface area contributed by atoms with E-state index >= 15 is 0 Å². The van der Waals surface area contributed by atoms with Crippen molar-refractivity contribution in [3.8, 4) is 11.5 Å². The van der Waals surface area contributed by atoms with Gasteiger partial charge in [-0.15, -0.1) is 0 Å². The van der Waals surface area contributed by atoms with Crippen molar-refractivity contribution in [3.05, 3.63) is 118 Å². The summed E-state index contributed by atoms with van der Waals surface area (Å²) in [4.78, 5) is 29.6. The van der Waals surface area contributed by atoms with Crippen molar-refractivity contribution >= 4 is 50.7 Å². The Morgan fingerprint density at radius 1 is 0.787 bits per heavy atom. The van der Waals surface area contributed by atoms with Crippen molar-refractivity contribution in [3.63, 3.8) is 0 Å². The Hall–Kier alpha value is -4.25. The van der Waals surface area contributed by atoms with Gasteiger partial charge in [-0.25, -0.2) is 8.42 Å². The number of benzene rings is 4. The number of methoxy groups -OCH3 is 2. The van der Waals surface area contributed by atoms with Crippen LogP contribution in [0, 0.1) is 0 Å². The van der Waals surface area contributed by atoms with Crippen LogP contribution in [0.5, 0.6) is 11.5 Å². The molecular formula is C35H37Cl2N3O6S. The largest absolute Gasteiger partial charge is 0.493 e. The first-order valence-corrected chi connectivity index (χ1v) is 17.0. The van der Waals surface area contributed by atoms with E-state index in [1.54, 1.807) is 48.5 Å². The van der Waals surface area contributed by atoms with E-state index in [2.05, 4.69) is 5.32 Å². The van der Waals surface area contributed by atoms with Crippen molar-refractivity contribution in [2.45, 2.75) is 43.8 Å². The predicted molar refractivity (Wildman–Crippen MR) is 185 cm³/mol. The molecule has 0 aliphatic rings. The van der Waals surface area contributed by atoms with Crippen molar-refractivity contribution in [1.29, 1.82) is 0 Å². The SMILES string of the molecule is COc1ccc(S(=O)(=O)N(CC(=O)N(Cc2ccc(Cl)c(Cl)c2)C(Cc2ccccc2)C(=O)NC(C)C)c2ccccc2)cc1OC. The number of halogens is 2. The third-order valence-electron chi connectivity index (χ3n) is 7.31. The van der Waals surface area contributed by atoms with E-state index in [1.807, 2.05) is 44.2 Å². The van der Waals surface area contributed by atoms with E-state index in [0.29, 0.717) is 16.3 Å². The van der Waals surface area contributed by atoms with Crippen LogP contribution in [0.15, 0.2) is 102 Å². The van der Waals surface area contributed by atoms with E-state index < -0.39 is 28.5 Å². The molecular weight excluding hydrogens is 661 g/mol. The maximum Gasteiger partial charge on any atom is 0.264 e. The topological polar surface area (TPSA) is 105 Å². The van der Waals surface area contributed by atoms with Crippen LogP contribution in [0.25, 0.3) is 0 Å². The molecule has 0 spiro atoms. The third-order valence-corrected chi connectivity index (χ3v) is 9.81. The van der Waals surface area contributed by atoms with Crippen LogP contribution < -0.4 is 19.1 Å². The first-order chi connectivity index (χ1) is 22.4. The van der Waals surface area contributed by atoms with Gasteiger partial charge in [0.25, 0.3) is 10.0 Å². The Balaban J connectivity index is 1.82. The standard InChI is InChI=1S/C35H37Cl2N3O6S/c1-24(2)38-35(42)31(20-25-11-7-5-8-12-25)39(22-26-15-17-29(36)30(37)19-26)34(41)23-40(27-13-9-6-10-14-27)47(43,44)28-16-18-32(45-3)33(21-28)46-4/h5-19,21,24,31H,20,22-23H2,1-4H3,(H,38,42). The van der Waals surface area contributed by atoms with Gasteiger partial charge in [0.2, 0.25) is 11.8 Å². The second-order valence-corrected chi connectivity index (χ2v) is 13.7. The first-order valence-electron chi connectivity index (χ1n) is 14.8. The van der Waals surface area contributed by atoms with Crippen molar-refractivity contribution in [1.82, 2.24) is 10.2 Å². The van der Waals surface area contributed by atoms with Crippen LogP contribution in [0.2, 0.25) is 10.0 Å². The number of anilines is 1. The number of hydrogen-bond acceptors (Lipinski definition) is 6. The van der Waals surface area contributed by atoms with Gasteiger partial charge in [0.15, 0.2) is 11.5 Å². The molecule has 1 atom stereocenters. The molecule has 0 heterocycles. The lowest BCUT2D eigenvalue weighted by molar-refractivity contribution is -0.140. The fourth-order valence-electron chi connectivity index (χ4n) is 5.00. The van der Waals surface area contributed by atoms with Gasteiger partial charge >= 0.3 is 0 Å². The monoisotopic (exact) mass is 697 g/mol. The second-order valence-electron chi connectivity index (χ2n) is 11.0. The summed E-state index contributed by atoms with van der Waals surface area (Å²) >= 11 is 12.5. The molecule has 12 heteroatoms. The molecule has 0 fully saturated rings. The smallest absolute Gasteiger partial charge is 0.264 e. The lowest BCUT2D eigenvalue weighted by Crippen LogP contribution is -2.54. The molecule has 0 saturated heterocycles. The van der Waals surface area contributed by atoms with Crippen LogP contribution >= 0.6 is 23.2 Å². The van der Waals surface area contributed by atoms with Gasteiger partial charge in [0.05, 0.1) is 34.8 Å². The summed E-state index contributed by atoms with van der Waals surface area (Å²) in [7, 11) is -1.48. The predicted octanol–water partition coefficient (Wildman–Crippen LogP) is 6.37. The number of rotatable bonds is 14. The maximum atomic E-state index is 14.5. The Morgan fingerprint density at radius 2 is 1.43 bits per heavy atom. The van der Waals surface area contributed by atoms with Crippen LogP contribution in [0.1, 0.15) is 25.0 Å². The van der Waals surface area contributed by atoms with Crippen molar-refractivity contribution in [2.24, 2.45) is 0 Å². The lowest BCUT2D eigenvalue weighted by Gasteiger charge is -2.34. The number of amides is 2. The highest BCUT2D eigenvalue weighted by Gasteiger charge is 2.35. The minimum atomic E-state index is -4.34. The normalized spacial score (nSPS) is 11.9. The number of nitrogens with zero attached hydrogens (tertiary/aromatic N) is 2. The average Bonchev–Trinajstić information content (AvgIpc) is 3.06. The minimum Gasteiger partial charge on any atom is -0.493 e. The van der Waals surface area contributed by atoms with Crippen LogP contribution in [-0.2, 0) is 32.6 Å². The average molecular weight is 699 g/mol. The summed E-state index contributed by atoms with van der Waals surface area (Å²) < 4.78 is 40.3. The van der Waals surface area contributed by atoms with E-state index in [-0.39, 0.29) is 46.3 Å². The third kappa shape index (κ3) is 8.97. The fourth-order valence-corrected chi connectivity index (χ4v) is 6.75. The van der Waals surface area contributed by atoms with Crippen molar-refractivity contribution in [2.75, 3.05) is 25.1 Å². The Labute approximate surface area is 286 Å². The first kappa shape index (κ1) is 35.6. The molecule has 9 nitrogen and oxygen atoms in total. The van der Waals surface area contributed by atoms with Gasteiger partial charge in [0.1, 0.15) is 12.6 Å². The molecule has 4 rings (SSSR count). The van der Waals surface area contributed by atoms with E-state index in [9.17, 15) is 18.0 Å². The molecule has 0 radical (unpaired) electrons. The number of para-hydroxylation sites is 1. The molecule has 4 aromatic rings. The molecule has 0 bridgehead atoms. The summed E-state index contributed by atoms with van der Waals surface area (Å²) in [5.74, 6) is -0.431. The molecule has 2 amide bonds. The summed E-state index contributed by atoms with van der Waals surface area (Å²) in [6.07, 6.45) is 0.181. The zero-order valence-corrected chi connectivity index (χ0v) is 28.9. The molecule has 0 aliphatic carbocycles. The van der Waals surface area contributed by atoms with Gasteiger partial charge in [-0.05, 0) is 61.4 Å². The van der Waals surface area contributed by atoms with Gasteiger partial charge in [-0.3, -0.25) is 13.9 Å². The van der Waals surface area contributed by atoms with Gasteiger partial charge in [-0.1, -0.05) is 77.8 Å². The van der Waals surface area contributed by atoms with E-state index in [1.165, 1.54) is 37.3 Å². The number of nitrogens with one attached hydrogen (secondary N) is 1. The molecule has 4 aromatic carbocycles. The van der Waals surface area contributed by atoms with Crippen LogP contribution in [-0.4, -0.2) is 58.0 Å². The number of ether oxygens (including phenoxy) is 2.